The zero-order valence-electron chi connectivity index (χ0n) is 19.9. The first-order chi connectivity index (χ1) is 15.4. The Hall–Kier alpha value is -2.83. The van der Waals surface area contributed by atoms with E-state index < -0.39 is 72.2 Å². The first-order valence-corrected chi connectivity index (χ1v) is 11.4. The van der Waals surface area contributed by atoms with E-state index in [4.69, 9.17) is 14.3 Å². The van der Waals surface area contributed by atoms with Crippen LogP contribution in [0.5, 0.6) is 0 Å². The van der Waals surface area contributed by atoms with Crippen LogP contribution in [0.3, 0.4) is 0 Å². The Kier molecular flexibility index (Phi) is 7.91. The number of carbonyl (C=O) groups excluding carboxylic acids is 2. The number of oxime groups is 1. The molecular formula is C21H29F2N3O7S. The molecule has 1 saturated carbocycles. The summed E-state index contributed by atoms with van der Waals surface area (Å²) in [6.45, 7) is 9.85. The Bertz CT molecular complexity index is 954. The number of carboxylic acid groups (broad SMARTS) is 1. The number of carbonyl (C=O) groups is 3. The molecule has 0 atom stereocenters. The van der Waals surface area contributed by atoms with E-state index >= 15 is 0 Å². The number of amides is 1. The van der Waals surface area contributed by atoms with Crippen molar-refractivity contribution in [1.29, 1.82) is 0 Å². The number of nitrogens with zero attached hydrogens (tertiary/aromatic N) is 2. The molecule has 1 aliphatic rings. The van der Waals surface area contributed by atoms with Gasteiger partial charge in [-0.2, -0.15) is 0 Å². The quantitative estimate of drug-likeness (QED) is 0.326. The Morgan fingerprint density at radius 1 is 1.06 bits per heavy atom. The fourth-order valence-electron chi connectivity index (χ4n) is 2.88. The van der Waals surface area contributed by atoms with Gasteiger partial charge >= 0.3 is 18.0 Å². The van der Waals surface area contributed by atoms with Crippen LogP contribution in [0.1, 0.15) is 72.9 Å². The van der Waals surface area contributed by atoms with E-state index in [0.29, 0.717) is 0 Å². The summed E-state index contributed by atoms with van der Waals surface area (Å²) in [7, 11) is 0. The van der Waals surface area contributed by atoms with Crippen LogP contribution in [0, 0.1) is 0 Å². The second kappa shape index (κ2) is 9.80. The smallest absolute Gasteiger partial charge is 0.413 e. The number of halogens is 2. The summed E-state index contributed by atoms with van der Waals surface area (Å²) in [4.78, 5) is 45.9. The van der Waals surface area contributed by atoms with Gasteiger partial charge in [0.05, 0.1) is 0 Å². The fourth-order valence-corrected chi connectivity index (χ4v) is 3.56. The fraction of sp³-hybridized carbons (Fsp3) is 0.667. The molecule has 10 nitrogen and oxygen atoms in total. The van der Waals surface area contributed by atoms with Gasteiger partial charge in [-0.25, -0.2) is 28.1 Å². The van der Waals surface area contributed by atoms with Crippen molar-refractivity contribution in [3.05, 3.63) is 11.1 Å². The van der Waals surface area contributed by atoms with Crippen LogP contribution in [-0.2, 0) is 23.9 Å². The highest BCUT2D eigenvalue weighted by molar-refractivity contribution is 7.14. The Labute approximate surface area is 199 Å². The lowest BCUT2D eigenvalue weighted by Gasteiger charge is -2.37. The average Bonchev–Trinajstić information content (AvgIpc) is 3.07. The summed E-state index contributed by atoms with van der Waals surface area (Å²) in [5, 5.41) is 16.9. The predicted octanol–water partition coefficient (Wildman–Crippen LogP) is 4.59. The molecule has 190 valence electrons. The van der Waals surface area contributed by atoms with Gasteiger partial charge in [0.2, 0.25) is 17.2 Å². The van der Waals surface area contributed by atoms with Crippen LogP contribution in [0.4, 0.5) is 18.7 Å². The van der Waals surface area contributed by atoms with E-state index in [9.17, 15) is 28.3 Å². The average molecular weight is 506 g/mol. The molecule has 1 aromatic heterocycles. The first kappa shape index (κ1) is 27.4. The monoisotopic (exact) mass is 505 g/mol. The van der Waals surface area contributed by atoms with Crippen LogP contribution in [0.25, 0.3) is 0 Å². The number of carboxylic acids is 1. The largest absolute Gasteiger partial charge is 0.476 e. The summed E-state index contributed by atoms with van der Waals surface area (Å²) in [6, 6.07) is 0. The van der Waals surface area contributed by atoms with E-state index in [1.165, 1.54) is 5.38 Å². The van der Waals surface area contributed by atoms with Gasteiger partial charge in [0.25, 0.3) is 0 Å². The molecule has 1 heterocycles. The minimum absolute atomic E-state index is 0.0392. The van der Waals surface area contributed by atoms with E-state index in [0.717, 1.165) is 11.3 Å². The van der Waals surface area contributed by atoms with Gasteiger partial charge in [0.1, 0.15) is 16.9 Å². The second-order valence-corrected chi connectivity index (χ2v) is 10.7. The van der Waals surface area contributed by atoms with Crippen molar-refractivity contribution in [1.82, 2.24) is 4.98 Å². The third-order valence-electron chi connectivity index (χ3n) is 4.43. The molecule has 13 heteroatoms. The summed E-state index contributed by atoms with van der Waals surface area (Å²) in [5.41, 5.74) is -4.39. The molecule has 0 bridgehead atoms. The normalized spacial score (nSPS) is 18.1. The SMILES string of the molecule is CC(C)(C)OC(=O)Nc1nc(/C(=N/OC2(C(=O)OC(C)(C)C)CCC(F)(F)CC2)C(=O)O)cs1. The second-order valence-electron chi connectivity index (χ2n) is 9.85. The molecule has 0 aliphatic heterocycles. The maximum Gasteiger partial charge on any atom is 0.413 e. The molecule has 0 unspecified atom stereocenters. The van der Waals surface area contributed by atoms with Gasteiger partial charge in [-0.05, 0) is 41.5 Å². The minimum Gasteiger partial charge on any atom is -0.476 e. The summed E-state index contributed by atoms with van der Waals surface area (Å²) in [5.74, 6) is -5.42. The lowest BCUT2D eigenvalue weighted by molar-refractivity contribution is -0.197. The molecule has 1 aromatic rings. The predicted molar refractivity (Wildman–Crippen MR) is 119 cm³/mol. The topological polar surface area (TPSA) is 136 Å². The molecule has 1 aliphatic carbocycles. The summed E-state index contributed by atoms with van der Waals surface area (Å²) in [6.07, 6.45) is -2.90. The van der Waals surface area contributed by atoms with Gasteiger partial charge in [-0.3, -0.25) is 5.32 Å². The van der Waals surface area contributed by atoms with Crippen LogP contribution in [0.2, 0.25) is 0 Å². The van der Waals surface area contributed by atoms with Crippen molar-refractivity contribution in [2.75, 3.05) is 5.32 Å². The Balaban J connectivity index is 2.28. The van der Waals surface area contributed by atoms with Crippen molar-refractivity contribution >= 4 is 40.2 Å². The molecule has 34 heavy (non-hydrogen) atoms. The van der Waals surface area contributed by atoms with Gasteiger partial charge in [-0.1, -0.05) is 5.16 Å². The van der Waals surface area contributed by atoms with Crippen LogP contribution >= 0.6 is 11.3 Å². The van der Waals surface area contributed by atoms with Crippen molar-refractivity contribution in [2.24, 2.45) is 5.16 Å². The summed E-state index contributed by atoms with van der Waals surface area (Å²) >= 11 is 0.910. The number of ether oxygens (including phenoxy) is 2. The molecular weight excluding hydrogens is 476 g/mol. The Morgan fingerprint density at radius 3 is 2.12 bits per heavy atom. The molecule has 1 amide bonds. The van der Waals surface area contributed by atoms with Crippen LogP contribution in [0.15, 0.2) is 10.5 Å². The Morgan fingerprint density at radius 2 is 1.62 bits per heavy atom. The first-order valence-electron chi connectivity index (χ1n) is 10.5. The molecule has 2 N–H and O–H groups in total. The number of esters is 1. The molecule has 0 aromatic carbocycles. The maximum atomic E-state index is 13.8. The van der Waals surface area contributed by atoms with E-state index in [1.54, 1.807) is 41.5 Å². The number of alkyl halides is 2. The number of hydrogen-bond donors (Lipinski definition) is 2. The van der Waals surface area contributed by atoms with Crippen molar-refractivity contribution in [3.63, 3.8) is 0 Å². The number of rotatable bonds is 6. The van der Waals surface area contributed by atoms with Crippen molar-refractivity contribution in [3.8, 4) is 0 Å². The third-order valence-corrected chi connectivity index (χ3v) is 5.19. The number of aliphatic carboxylic acids is 1. The minimum atomic E-state index is -2.98. The van der Waals surface area contributed by atoms with E-state index in [1.807, 2.05) is 0 Å². The number of hydrogen-bond acceptors (Lipinski definition) is 9. The molecule has 2 rings (SSSR count). The molecule has 1 fully saturated rings. The van der Waals surface area contributed by atoms with E-state index in [2.05, 4.69) is 15.5 Å². The number of aromatic nitrogens is 1. The molecule has 0 saturated heterocycles. The molecule has 0 spiro atoms. The van der Waals surface area contributed by atoms with Crippen molar-refractivity contribution < 1.29 is 42.6 Å². The van der Waals surface area contributed by atoms with Crippen molar-refractivity contribution in [2.45, 2.75) is 90.0 Å². The zero-order valence-corrected chi connectivity index (χ0v) is 20.7. The standard InChI is InChI=1S/C21H29F2N3O7S/c1-18(2,3)31-15(29)20(7-9-21(22,23)10-8-20)33-26-13(14(27)28)12-11-34-16(24-12)25-17(30)32-19(4,5)6/h11H,7-10H2,1-6H3,(H,27,28)(H,24,25,30)/b26-13-. The number of anilines is 1. The highest BCUT2D eigenvalue weighted by atomic mass is 32.1. The lowest BCUT2D eigenvalue weighted by Crippen LogP contribution is -2.49. The third kappa shape index (κ3) is 7.89. The van der Waals surface area contributed by atoms with Gasteiger partial charge in [0, 0.05) is 31.1 Å². The highest BCUT2D eigenvalue weighted by Crippen LogP contribution is 2.42. The van der Waals surface area contributed by atoms with Gasteiger partial charge < -0.3 is 19.4 Å². The summed E-state index contributed by atoms with van der Waals surface area (Å²) < 4.78 is 38.0. The maximum absolute atomic E-state index is 13.8. The zero-order chi connectivity index (χ0) is 25.9. The van der Waals surface area contributed by atoms with Gasteiger partial charge in [0.15, 0.2) is 5.13 Å². The van der Waals surface area contributed by atoms with Gasteiger partial charge in [-0.15, -0.1) is 11.3 Å². The van der Waals surface area contributed by atoms with Crippen LogP contribution < -0.4 is 5.32 Å². The lowest BCUT2D eigenvalue weighted by atomic mass is 9.82. The molecule has 0 radical (unpaired) electrons. The number of nitrogens with one attached hydrogen (secondary N) is 1. The number of thiazole rings is 1. The van der Waals surface area contributed by atoms with Crippen LogP contribution in [-0.4, -0.2) is 56.6 Å². The van der Waals surface area contributed by atoms with E-state index in [-0.39, 0.29) is 10.8 Å². The highest BCUT2D eigenvalue weighted by Gasteiger charge is 2.52.